The molecule has 0 spiro atoms. The van der Waals surface area contributed by atoms with E-state index in [9.17, 15) is 4.39 Å². The largest absolute Gasteiger partial charge is 0.492 e. The predicted octanol–water partition coefficient (Wildman–Crippen LogP) is 18.2. The summed E-state index contributed by atoms with van der Waals surface area (Å²) in [5.74, 6) is 4.75. The number of aromatic amines is 6. The van der Waals surface area contributed by atoms with Crippen LogP contribution in [0.4, 0.5) is 4.39 Å². The van der Waals surface area contributed by atoms with Gasteiger partial charge in [-0.3, -0.25) is 4.39 Å². The van der Waals surface area contributed by atoms with Crippen molar-refractivity contribution in [3.05, 3.63) is 181 Å². The van der Waals surface area contributed by atoms with Crippen LogP contribution in [0.2, 0.25) is 0 Å². The highest BCUT2D eigenvalue weighted by molar-refractivity contribution is 6.13. The van der Waals surface area contributed by atoms with Gasteiger partial charge in [0, 0.05) is 124 Å². The maximum absolute atomic E-state index is 12.4. The second kappa shape index (κ2) is 45.3. The fourth-order valence-electron chi connectivity index (χ4n) is 20.5. The Kier molecular flexibility index (Phi) is 31.3. The second-order valence-corrected chi connectivity index (χ2v) is 41.2. The molecule has 758 valence electrons. The summed E-state index contributed by atoms with van der Waals surface area (Å²) >= 11 is 0. The quantitative estimate of drug-likeness (QED) is 0.0287. The Morgan fingerprint density at radius 1 is 0.405 bits per heavy atom. The number of H-pyrrole nitrogens is 6. The molecule has 1 saturated carbocycles. The zero-order chi connectivity index (χ0) is 103. The van der Waals surface area contributed by atoms with Crippen molar-refractivity contribution in [1.29, 1.82) is 31.6 Å². The SMILES string of the molecule is CC1(COc2ccnc3[nH]c4cnc(C#N)cc4c23)CCCCC1.CC1(COc2ccnc3[nH]c4cnc(C#N)cc4c23)CCN(CCCF)CC1.CC1(COc2ccnc3[nH]c4cnc(C#N)cc4c23)CCN(CCO)CC1.CC1(Oc2ccnc3[nH]c4cnc(C#N)cc4c23)CCCNC1.CN(C)CC(C)(C)COc1ccnc2[nH]c3cnc(C#N)cc3c12.N#Cc1cc2c(cn1)[nH]c1nccc(O[C@H]3CCCNC3)c12. The number of nitrogens with one attached hydrogen (secondary N) is 8. The van der Waals surface area contributed by atoms with E-state index in [4.69, 9.17) is 65.1 Å². The van der Waals surface area contributed by atoms with Crippen molar-refractivity contribution < 1.29 is 37.9 Å². The van der Waals surface area contributed by atoms with Gasteiger partial charge in [0.25, 0.3) is 0 Å². The molecule has 37 heteroatoms. The molecule has 1 unspecified atom stereocenters. The Bertz CT molecular complexity index is 8090. The number of pyridine rings is 12. The number of hydrogen-bond acceptors (Lipinski definition) is 30. The van der Waals surface area contributed by atoms with E-state index in [0.29, 0.717) is 60.4 Å². The van der Waals surface area contributed by atoms with E-state index < -0.39 is 0 Å². The van der Waals surface area contributed by atoms with Crippen LogP contribution in [0.3, 0.4) is 0 Å². The van der Waals surface area contributed by atoms with Crippen molar-refractivity contribution >= 4 is 132 Å². The smallest absolute Gasteiger partial charge is 0.142 e. The first-order valence-corrected chi connectivity index (χ1v) is 50.4. The minimum Gasteiger partial charge on any atom is -0.492 e. The summed E-state index contributed by atoms with van der Waals surface area (Å²) in [5.41, 5.74) is 12.1. The van der Waals surface area contributed by atoms with Crippen molar-refractivity contribution in [3.8, 4) is 70.9 Å². The van der Waals surface area contributed by atoms with Gasteiger partial charge in [-0.1, -0.05) is 53.9 Å². The fraction of sp³-hybridized carbons (Fsp3) is 0.405. The van der Waals surface area contributed by atoms with Gasteiger partial charge in [-0.2, -0.15) is 31.6 Å². The second-order valence-electron chi connectivity index (χ2n) is 41.2. The molecule has 22 heterocycles. The number of hydrogen-bond donors (Lipinski definition) is 9. The highest BCUT2D eigenvalue weighted by Gasteiger charge is 2.36. The van der Waals surface area contributed by atoms with E-state index in [1.54, 1.807) is 111 Å². The van der Waals surface area contributed by atoms with E-state index in [0.717, 1.165) is 296 Å². The fourth-order valence-corrected chi connectivity index (χ4v) is 20.5. The molecule has 1 aliphatic carbocycles. The number of rotatable bonds is 23. The highest BCUT2D eigenvalue weighted by Crippen LogP contribution is 2.44. The Labute approximate surface area is 854 Å². The Balaban J connectivity index is 0.000000116. The number of nitriles is 6. The summed E-state index contributed by atoms with van der Waals surface area (Å²) in [6.45, 7) is 26.0. The van der Waals surface area contributed by atoms with E-state index in [2.05, 4.69) is 207 Å². The number of β-amino-alcohol motifs (C(OH)–C–C–N with tert-alkyl or cyclic N) is 1. The van der Waals surface area contributed by atoms with E-state index in [-0.39, 0.29) is 46.6 Å². The van der Waals surface area contributed by atoms with Crippen LogP contribution in [0.1, 0.15) is 166 Å². The molecular formula is C111H120FN29O7. The van der Waals surface area contributed by atoms with Crippen LogP contribution in [0.5, 0.6) is 34.5 Å². The maximum Gasteiger partial charge on any atom is 0.142 e. The normalized spacial score (nSPS) is 17.1. The summed E-state index contributed by atoms with van der Waals surface area (Å²) in [4.78, 5) is 77.2. The monoisotopic (exact) mass is 1990 g/mol. The average Bonchev–Trinajstić information content (AvgIpc) is 1.58. The Morgan fingerprint density at radius 3 is 1.05 bits per heavy atom. The van der Waals surface area contributed by atoms with Crippen molar-refractivity contribution in [2.45, 2.75) is 143 Å². The molecule has 5 fully saturated rings. The molecule has 0 bridgehead atoms. The first kappa shape index (κ1) is 102. The molecule has 4 saturated heterocycles. The van der Waals surface area contributed by atoms with Gasteiger partial charge in [-0.05, 0) is 204 Å². The zero-order valence-corrected chi connectivity index (χ0v) is 84.5. The summed E-state index contributed by atoms with van der Waals surface area (Å²) in [6.07, 6.45) is 36.0. The minimum atomic E-state index is -0.247. The van der Waals surface area contributed by atoms with Crippen molar-refractivity contribution in [2.75, 3.05) is 126 Å². The van der Waals surface area contributed by atoms with Gasteiger partial charge < -0.3 is 88.8 Å². The van der Waals surface area contributed by atoms with Crippen LogP contribution in [-0.2, 0) is 0 Å². The minimum absolute atomic E-state index is 0.0184. The average molecular weight is 1990 g/mol. The van der Waals surface area contributed by atoms with Crippen LogP contribution >= 0.6 is 0 Å². The predicted molar refractivity (Wildman–Crippen MR) is 565 cm³/mol. The number of likely N-dealkylation sites (tertiary alicyclic amines) is 2. The number of nitrogens with zero attached hydrogens (tertiary/aromatic N) is 21. The summed E-state index contributed by atoms with van der Waals surface area (Å²) < 4.78 is 49.9. The Hall–Kier alpha value is -16.0. The number of aromatic nitrogens is 18. The summed E-state index contributed by atoms with van der Waals surface area (Å²) in [7, 11) is 4.12. The van der Waals surface area contributed by atoms with Gasteiger partial charge in [-0.15, -0.1) is 0 Å². The van der Waals surface area contributed by atoms with Crippen molar-refractivity contribution in [3.63, 3.8) is 0 Å². The standard InChI is InChI=1S/C21H24FN5O.C20H23N5O2.C19H20N4O.C18H21N5O.C17H17N5O.C16H15N5O/c1-21(4-9-27(10-5-21)8-2-6-22)14-28-18-3-7-24-20-19(18)16-11-15(12-23)25-13-17(16)26-20;1-20(3-6-25(7-4-20)8-9-26)13-27-17-2-5-22-19-18(17)15-10-14(11-21)23-12-16(15)24-19;1-19(6-3-2-4-7-19)12-24-16-5-8-21-18-17(16)14-9-13(10-20)22-11-15(14)23-18;1-18(2,10-23(3)4)11-24-15-5-6-20-17-16(15)13-7-12(8-19)21-9-14(13)22-17;1-17(4-2-5-19-10-17)23-14-3-6-20-16-15(14)12-7-11(8-18)21-9-13(12)22-16;17-7-10-6-12-13(9-20-10)21-16-15(12)14(3-5-19-16)22-11-2-1-4-18-8-11/h3,7,11,13H,2,4-6,8-10,14H2,1H3,(H,24,26);2,5,10,12,26H,3-4,6-9,13H2,1H3,(H,22,24);5,8-9,11H,2-4,6-7,12H2,1H3,(H,21,23);5-7,9H,10-11H2,1-4H3,(H,20,22);3,6-7,9,19H,2,4-5,10H2,1H3,(H,20,22);3,5-6,9,11,18H,1-2,4,8H2,(H,19,21)/t;;;;;11-/m.....0/s1. The van der Waals surface area contributed by atoms with Gasteiger partial charge in [-0.25, -0.2) is 59.8 Å². The van der Waals surface area contributed by atoms with Crippen LogP contribution in [0.15, 0.2) is 147 Å². The maximum atomic E-state index is 12.4. The lowest BCUT2D eigenvalue weighted by Crippen LogP contribution is -2.47. The number of aliphatic hydroxyl groups is 1. The van der Waals surface area contributed by atoms with Gasteiger partial charge in [0.05, 0.1) is 142 Å². The first-order valence-electron chi connectivity index (χ1n) is 50.4. The lowest BCUT2D eigenvalue weighted by atomic mass is 9.76. The topological polar surface area (TPSA) is 502 Å². The molecule has 18 aromatic rings. The third-order valence-corrected chi connectivity index (χ3v) is 28.5. The number of fused-ring (bicyclic) bond motifs is 18. The molecule has 9 N–H and O–H groups in total. The van der Waals surface area contributed by atoms with Crippen LogP contribution < -0.4 is 39.1 Å². The number of piperidine rings is 4. The van der Waals surface area contributed by atoms with Gasteiger partial charge in [0.1, 0.15) is 151 Å². The number of alkyl halides is 1. The van der Waals surface area contributed by atoms with E-state index in [1.807, 2.05) is 36.4 Å². The highest BCUT2D eigenvalue weighted by atomic mass is 19.1. The molecule has 0 amide bonds. The zero-order valence-electron chi connectivity index (χ0n) is 84.5. The third kappa shape index (κ3) is 23.6. The Morgan fingerprint density at radius 2 is 0.730 bits per heavy atom. The molecule has 4 aliphatic heterocycles. The van der Waals surface area contributed by atoms with Gasteiger partial charge in [0.2, 0.25) is 0 Å². The molecule has 0 aromatic carbocycles. The molecule has 36 nitrogen and oxygen atoms in total. The first-order chi connectivity index (χ1) is 71.8. The van der Waals surface area contributed by atoms with Crippen molar-refractivity contribution in [1.82, 2.24) is 115 Å². The van der Waals surface area contributed by atoms with Gasteiger partial charge >= 0.3 is 0 Å². The lowest BCUT2D eigenvalue weighted by molar-refractivity contribution is 0.0613. The van der Waals surface area contributed by atoms with Gasteiger partial charge in [0.15, 0.2) is 0 Å². The summed E-state index contributed by atoms with van der Waals surface area (Å²) in [5, 5.41) is 81.5. The molecule has 18 aromatic heterocycles. The molecule has 2 atom stereocenters. The molecule has 148 heavy (non-hydrogen) atoms. The number of ether oxygens (including phenoxy) is 6. The number of aliphatic hydroxyl groups excluding tert-OH is 1. The molecule has 0 radical (unpaired) electrons. The summed E-state index contributed by atoms with van der Waals surface area (Å²) in [6, 6.07) is 34.5. The third-order valence-electron chi connectivity index (χ3n) is 28.5. The van der Waals surface area contributed by atoms with E-state index >= 15 is 0 Å². The lowest BCUT2D eigenvalue weighted by Gasteiger charge is -2.39. The molecule has 5 aliphatic rings. The van der Waals surface area contributed by atoms with Crippen LogP contribution in [0, 0.1) is 89.6 Å². The number of halogens is 1. The van der Waals surface area contributed by atoms with Crippen molar-refractivity contribution in [2.24, 2.45) is 21.7 Å². The molecular weight excluding hydrogens is 1870 g/mol. The molecule has 23 rings (SSSR count). The van der Waals surface area contributed by atoms with Crippen LogP contribution in [-0.4, -0.2) is 247 Å². The van der Waals surface area contributed by atoms with Crippen LogP contribution in [0.25, 0.3) is 132 Å². The van der Waals surface area contributed by atoms with E-state index in [1.165, 1.54) is 32.1 Å².